The molecule has 17 nitrogen and oxygen atoms in total. The fourth-order valence-electron chi connectivity index (χ4n) is 6.27. The molecule has 1 aliphatic rings. The van der Waals surface area contributed by atoms with Crippen LogP contribution in [0.4, 0.5) is 27.6 Å². The van der Waals surface area contributed by atoms with E-state index >= 15 is 0 Å². The normalized spacial score (nSPS) is 15.7. The highest BCUT2D eigenvalue weighted by Gasteiger charge is 2.46. The van der Waals surface area contributed by atoms with Crippen LogP contribution < -0.4 is 26.6 Å². The summed E-state index contributed by atoms with van der Waals surface area (Å²) < 4.78 is 61.8. The van der Waals surface area contributed by atoms with Gasteiger partial charge in [-0.3, -0.25) is 14.4 Å². The average Bonchev–Trinajstić information content (AvgIpc) is 3.12. The van der Waals surface area contributed by atoms with Crippen molar-refractivity contribution in [3.8, 4) is 0 Å². The van der Waals surface area contributed by atoms with Gasteiger partial charge in [0.25, 0.3) is 0 Å². The molecule has 0 spiro atoms. The molecule has 1 aromatic rings. The largest absolute Gasteiger partial charge is 0.467 e. The third-order valence-electron chi connectivity index (χ3n) is 9.09. The summed E-state index contributed by atoms with van der Waals surface area (Å²) in [5.74, 6) is -3.50. The number of likely N-dealkylation sites (tertiary alicyclic amines) is 1. The van der Waals surface area contributed by atoms with Crippen LogP contribution in [0.5, 0.6) is 0 Å². The highest BCUT2D eigenvalue weighted by Crippen LogP contribution is 2.27. The van der Waals surface area contributed by atoms with Crippen molar-refractivity contribution < 1.29 is 65.7 Å². The molecule has 20 heteroatoms. The van der Waals surface area contributed by atoms with Crippen molar-refractivity contribution in [2.45, 2.75) is 160 Å². The number of carbonyl (C=O) groups excluding carboxylic acids is 7. The van der Waals surface area contributed by atoms with Gasteiger partial charge in [0.05, 0.1) is 7.11 Å². The molecule has 0 saturated carbocycles. The summed E-state index contributed by atoms with van der Waals surface area (Å²) in [5.41, 5.74) is -3.56. The number of nitrogens with zero attached hydrogens (tertiary/aromatic N) is 1. The molecule has 1 heterocycles. The quantitative estimate of drug-likeness (QED) is 0.0779. The number of halogens is 3. The molecule has 0 aliphatic carbocycles. The molecule has 1 saturated heterocycles. The Morgan fingerprint density at radius 1 is 0.677 bits per heavy atom. The number of methoxy groups -OCH3 is 1. The molecule has 62 heavy (non-hydrogen) atoms. The van der Waals surface area contributed by atoms with Gasteiger partial charge < -0.3 is 50.4 Å². The van der Waals surface area contributed by atoms with Crippen molar-refractivity contribution >= 4 is 42.0 Å². The van der Waals surface area contributed by atoms with Gasteiger partial charge >= 0.3 is 30.4 Å². The zero-order chi connectivity index (χ0) is 47.1. The summed E-state index contributed by atoms with van der Waals surface area (Å²) in [6.07, 6.45) is -9.49. The van der Waals surface area contributed by atoms with Crippen molar-refractivity contribution in [2.75, 3.05) is 26.7 Å². The number of piperidine rings is 1. The van der Waals surface area contributed by atoms with E-state index in [0.717, 1.165) is 7.11 Å². The molecule has 6 amide bonds. The van der Waals surface area contributed by atoms with Gasteiger partial charge in [-0.05, 0) is 106 Å². The SMILES string of the molecule is COC(=O)C1(NC(=O)OC(C)(C)C)CCN(C(=O)[C@@H](CCCCNC(=O)OC(C)(C)C)NC(=O)C(CCC(F)(F)F)NC(=O)[C@@H](Cc2ccccc2)NC(=O)OC(C)(C)C)CC1. The van der Waals surface area contributed by atoms with Crippen molar-refractivity contribution in [3.05, 3.63) is 35.9 Å². The summed E-state index contributed by atoms with van der Waals surface area (Å²) >= 11 is 0. The summed E-state index contributed by atoms with van der Waals surface area (Å²) in [4.78, 5) is 94.0. The smallest absolute Gasteiger partial charge is 0.408 e. The fourth-order valence-corrected chi connectivity index (χ4v) is 6.27. The van der Waals surface area contributed by atoms with Crippen LogP contribution in [0.2, 0.25) is 0 Å². The molecule has 1 unspecified atom stereocenters. The second kappa shape index (κ2) is 22.7. The molecular formula is C42H65F3N6O11. The first-order valence-corrected chi connectivity index (χ1v) is 20.6. The first kappa shape index (κ1) is 52.8. The van der Waals surface area contributed by atoms with Crippen molar-refractivity contribution in [3.63, 3.8) is 0 Å². The lowest BCUT2D eigenvalue weighted by Crippen LogP contribution is -2.63. The van der Waals surface area contributed by atoms with E-state index < -0.39 is 101 Å². The fraction of sp³-hybridized carbons (Fsp3) is 0.690. The molecule has 2 rings (SSSR count). The van der Waals surface area contributed by atoms with Crippen LogP contribution >= 0.6 is 0 Å². The van der Waals surface area contributed by atoms with Crippen LogP contribution in [-0.2, 0) is 44.5 Å². The number of hydrogen-bond donors (Lipinski definition) is 5. The highest BCUT2D eigenvalue weighted by molar-refractivity contribution is 5.94. The molecule has 1 aliphatic heterocycles. The van der Waals surface area contributed by atoms with Crippen LogP contribution in [0.25, 0.3) is 0 Å². The molecular weight excluding hydrogens is 821 g/mol. The summed E-state index contributed by atoms with van der Waals surface area (Å²) in [6.45, 7) is 14.7. The standard InChI is InChI=1S/C42H65F3N6O11/c1-38(2,3)60-35(56)46-23-15-14-18-29(33(54)51-24-21-41(22-25-51,34(55)59-10)50-37(58)62-40(7,8)9)48-31(52)28(19-20-42(43,44)45)47-32(53)30(26-27-16-12-11-13-17-27)49-36(57)61-39(4,5)6/h11-13,16-17,28-30H,14-15,18-26H2,1-10H3,(H,46,56)(H,47,53)(H,48,52)(H,49,57)(H,50,58)/t28?,29-,30-/m1/s1. The lowest BCUT2D eigenvalue weighted by molar-refractivity contribution is -0.153. The maximum Gasteiger partial charge on any atom is 0.408 e. The van der Waals surface area contributed by atoms with E-state index in [1.807, 2.05) is 0 Å². The second-order valence-electron chi connectivity index (χ2n) is 18.1. The van der Waals surface area contributed by atoms with Gasteiger partial charge in [-0.1, -0.05) is 30.3 Å². The average molecular weight is 887 g/mol. The van der Waals surface area contributed by atoms with Gasteiger partial charge in [0.15, 0.2) is 0 Å². The monoisotopic (exact) mass is 886 g/mol. The first-order valence-electron chi connectivity index (χ1n) is 20.6. The zero-order valence-corrected chi connectivity index (χ0v) is 37.5. The van der Waals surface area contributed by atoms with Gasteiger partial charge in [-0.2, -0.15) is 13.2 Å². The maximum absolute atomic E-state index is 14.2. The van der Waals surface area contributed by atoms with Crippen molar-refractivity contribution in [2.24, 2.45) is 0 Å². The van der Waals surface area contributed by atoms with Gasteiger partial charge in [-0.15, -0.1) is 0 Å². The van der Waals surface area contributed by atoms with Gasteiger partial charge in [-0.25, -0.2) is 19.2 Å². The number of alkyl halides is 3. The Balaban J connectivity index is 2.40. The molecule has 0 radical (unpaired) electrons. The van der Waals surface area contributed by atoms with Gasteiger partial charge in [0, 0.05) is 32.5 Å². The van der Waals surface area contributed by atoms with Gasteiger partial charge in [0.1, 0.15) is 40.5 Å². The number of ether oxygens (including phenoxy) is 4. The minimum atomic E-state index is -4.73. The Kier molecular flexibility index (Phi) is 19.3. The Labute approximate surface area is 361 Å². The molecule has 1 fully saturated rings. The van der Waals surface area contributed by atoms with Crippen molar-refractivity contribution in [1.29, 1.82) is 0 Å². The Morgan fingerprint density at radius 2 is 1.19 bits per heavy atom. The lowest BCUT2D eigenvalue weighted by Gasteiger charge is -2.41. The van der Waals surface area contributed by atoms with Crippen LogP contribution in [0.1, 0.15) is 113 Å². The Morgan fingerprint density at radius 3 is 1.73 bits per heavy atom. The van der Waals surface area contributed by atoms with Gasteiger partial charge in [0.2, 0.25) is 17.7 Å². The number of nitrogens with one attached hydrogen (secondary N) is 5. The van der Waals surface area contributed by atoms with E-state index in [0.29, 0.717) is 12.0 Å². The van der Waals surface area contributed by atoms with Crippen molar-refractivity contribution in [1.82, 2.24) is 31.5 Å². The summed E-state index contributed by atoms with van der Waals surface area (Å²) in [7, 11) is 1.15. The first-order chi connectivity index (χ1) is 28.5. The second-order valence-corrected chi connectivity index (χ2v) is 18.1. The topological polar surface area (TPSA) is 220 Å². The zero-order valence-electron chi connectivity index (χ0n) is 37.5. The number of benzene rings is 1. The van der Waals surface area contributed by atoms with E-state index in [1.165, 1.54) is 4.90 Å². The molecule has 5 N–H and O–H groups in total. The van der Waals surface area contributed by atoms with Crippen LogP contribution in [0.3, 0.4) is 0 Å². The molecule has 1 aromatic carbocycles. The molecule has 3 atom stereocenters. The minimum Gasteiger partial charge on any atom is -0.467 e. The van der Waals surface area contributed by atoms with E-state index in [9.17, 15) is 46.7 Å². The minimum absolute atomic E-state index is 0.0495. The number of unbranched alkanes of at least 4 members (excludes halogenated alkanes) is 1. The molecule has 350 valence electrons. The predicted molar refractivity (Wildman–Crippen MR) is 220 cm³/mol. The highest BCUT2D eigenvalue weighted by atomic mass is 19.4. The number of hydrogen-bond acceptors (Lipinski definition) is 11. The predicted octanol–water partition coefficient (Wildman–Crippen LogP) is 5.19. The lowest BCUT2D eigenvalue weighted by atomic mass is 9.87. The number of rotatable bonds is 17. The Hall–Kier alpha value is -5.30. The van der Waals surface area contributed by atoms with E-state index in [2.05, 4.69) is 26.6 Å². The third kappa shape index (κ3) is 20.0. The van der Waals surface area contributed by atoms with E-state index in [-0.39, 0.29) is 51.7 Å². The number of alkyl carbamates (subject to hydrolysis) is 3. The van der Waals surface area contributed by atoms with E-state index in [4.69, 9.17) is 18.9 Å². The maximum atomic E-state index is 14.2. The number of carbonyl (C=O) groups is 7. The van der Waals surface area contributed by atoms with Crippen LogP contribution in [0.15, 0.2) is 30.3 Å². The summed E-state index contributed by atoms with van der Waals surface area (Å²) in [6, 6.07) is 3.90. The van der Waals surface area contributed by atoms with Crippen LogP contribution in [0, 0.1) is 0 Å². The van der Waals surface area contributed by atoms with Crippen LogP contribution in [-0.4, -0.2) is 120 Å². The Bertz CT molecular complexity index is 1680. The van der Waals surface area contributed by atoms with E-state index in [1.54, 1.807) is 92.6 Å². The third-order valence-corrected chi connectivity index (χ3v) is 9.09. The molecule has 0 aromatic heterocycles. The molecule has 0 bridgehead atoms. The number of amides is 6. The summed E-state index contributed by atoms with van der Waals surface area (Å²) in [5, 5.41) is 12.5. The number of esters is 1.